The molecule has 1 heterocycles. The SMILES string of the molecule is Cc1cc2cnc(-c3cc4c5c(cccc5c3)-c3c-4c(-c4ccccc4)c4ccccc4c3-c3ccccc3)cc2cc1C. The Morgan fingerprint density at radius 3 is 1.66 bits per heavy atom. The Balaban J connectivity index is 1.42. The normalized spacial score (nSPS) is 11.9. The molecule has 44 heavy (non-hydrogen) atoms. The highest BCUT2D eigenvalue weighted by Crippen LogP contribution is 2.58. The fourth-order valence-corrected chi connectivity index (χ4v) is 7.35. The highest BCUT2D eigenvalue weighted by molar-refractivity contribution is 6.28. The molecule has 1 nitrogen and oxygen atoms in total. The van der Waals surface area contributed by atoms with Crippen molar-refractivity contribution in [1.29, 1.82) is 0 Å². The number of rotatable bonds is 3. The average Bonchev–Trinajstić information content (AvgIpc) is 3.39. The lowest BCUT2D eigenvalue weighted by atomic mass is 9.82. The molecule has 0 saturated carbocycles. The monoisotopic (exact) mass is 559 g/mol. The summed E-state index contributed by atoms with van der Waals surface area (Å²) in [5.41, 5.74) is 15.0. The Morgan fingerprint density at radius 1 is 0.409 bits per heavy atom. The lowest BCUT2D eigenvalue weighted by Gasteiger charge is -2.20. The minimum atomic E-state index is 1.00. The second-order valence-electron chi connectivity index (χ2n) is 12.1. The number of hydrogen-bond donors (Lipinski definition) is 0. The first kappa shape index (κ1) is 25.0. The summed E-state index contributed by atoms with van der Waals surface area (Å²) >= 11 is 0. The fraction of sp³-hybridized carbons (Fsp3) is 0.0465. The van der Waals surface area contributed by atoms with Crippen molar-refractivity contribution in [3.05, 3.63) is 151 Å². The summed E-state index contributed by atoms with van der Waals surface area (Å²) < 4.78 is 0. The molecule has 1 aromatic heterocycles. The van der Waals surface area contributed by atoms with Gasteiger partial charge in [0.2, 0.25) is 0 Å². The molecule has 8 aromatic rings. The van der Waals surface area contributed by atoms with Crippen LogP contribution in [0.3, 0.4) is 0 Å². The van der Waals surface area contributed by atoms with Gasteiger partial charge in [-0.3, -0.25) is 4.98 Å². The molecule has 0 bridgehead atoms. The predicted octanol–water partition coefficient (Wildman–Crippen LogP) is 11.8. The molecule has 1 aliphatic carbocycles. The molecule has 0 atom stereocenters. The van der Waals surface area contributed by atoms with Gasteiger partial charge in [-0.1, -0.05) is 109 Å². The van der Waals surface area contributed by atoms with Crippen LogP contribution < -0.4 is 0 Å². The van der Waals surface area contributed by atoms with Gasteiger partial charge in [0.15, 0.2) is 0 Å². The number of fused-ring (bicyclic) bond motifs is 5. The zero-order chi connectivity index (χ0) is 29.4. The average molecular weight is 560 g/mol. The second-order valence-corrected chi connectivity index (χ2v) is 12.1. The van der Waals surface area contributed by atoms with Crippen molar-refractivity contribution in [3.63, 3.8) is 0 Å². The van der Waals surface area contributed by atoms with Gasteiger partial charge < -0.3 is 0 Å². The van der Waals surface area contributed by atoms with Crippen molar-refractivity contribution in [1.82, 2.24) is 4.98 Å². The Kier molecular flexibility index (Phi) is 5.39. The van der Waals surface area contributed by atoms with E-state index in [4.69, 9.17) is 4.98 Å². The summed E-state index contributed by atoms with van der Waals surface area (Å²) in [5.74, 6) is 0. The first-order valence-corrected chi connectivity index (χ1v) is 15.3. The number of pyridine rings is 1. The standard InChI is InChI=1S/C43H29N/c1-26-20-31-24-38(44-25-33(31)21-27(26)2)32-22-30-16-11-19-36-39(30)37(23-32)43-41(29-14-7-4-8-15-29)35-18-10-9-17-34(35)40(42(36)43)28-12-5-3-6-13-28/h3-25H,1-2H3. The molecule has 9 rings (SSSR count). The summed E-state index contributed by atoms with van der Waals surface area (Å²) in [5, 5.41) is 7.53. The topological polar surface area (TPSA) is 12.9 Å². The molecule has 0 unspecified atom stereocenters. The number of hydrogen-bond acceptors (Lipinski definition) is 1. The van der Waals surface area contributed by atoms with Gasteiger partial charge in [0, 0.05) is 17.1 Å². The Bertz CT molecular complexity index is 2440. The molecule has 0 spiro atoms. The second kappa shape index (κ2) is 9.49. The molecule has 0 saturated heterocycles. The van der Waals surface area contributed by atoms with Crippen LogP contribution in [0.5, 0.6) is 0 Å². The van der Waals surface area contributed by atoms with Crippen molar-refractivity contribution in [3.8, 4) is 55.8 Å². The van der Waals surface area contributed by atoms with Gasteiger partial charge in [0.1, 0.15) is 0 Å². The molecule has 0 radical (unpaired) electrons. The van der Waals surface area contributed by atoms with E-state index in [2.05, 4.69) is 147 Å². The first-order valence-electron chi connectivity index (χ1n) is 15.3. The largest absolute Gasteiger partial charge is 0.256 e. The zero-order valence-electron chi connectivity index (χ0n) is 24.7. The zero-order valence-corrected chi connectivity index (χ0v) is 24.7. The van der Waals surface area contributed by atoms with Gasteiger partial charge in [-0.25, -0.2) is 0 Å². The maximum Gasteiger partial charge on any atom is 0.0708 e. The van der Waals surface area contributed by atoms with Crippen LogP contribution in [0, 0.1) is 13.8 Å². The molecular weight excluding hydrogens is 530 g/mol. The molecule has 0 aliphatic heterocycles. The van der Waals surface area contributed by atoms with Crippen molar-refractivity contribution in [2.45, 2.75) is 13.8 Å². The highest BCUT2D eigenvalue weighted by Gasteiger charge is 2.31. The van der Waals surface area contributed by atoms with Crippen LogP contribution in [-0.4, -0.2) is 4.98 Å². The quantitative estimate of drug-likeness (QED) is 0.210. The third-order valence-electron chi connectivity index (χ3n) is 9.49. The molecule has 0 amide bonds. The molecule has 7 aromatic carbocycles. The van der Waals surface area contributed by atoms with Crippen LogP contribution in [-0.2, 0) is 0 Å². The van der Waals surface area contributed by atoms with Crippen LogP contribution in [0.4, 0.5) is 0 Å². The van der Waals surface area contributed by atoms with Crippen LogP contribution in [0.2, 0.25) is 0 Å². The van der Waals surface area contributed by atoms with Crippen molar-refractivity contribution >= 4 is 32.3 Å². The van der Waals surface area contributed by atoms with Crippen molar-refractivity contribution < 1.29 is 0 Å². The third kappa shape index (κ3) is 3.63. The van der Waals surface area contributed by atoms with Crippen LogP contribution in [0.15, 0.2) is 140 Å². The first-order chi connectivity index (χ1) is 21.7. The van der Waals surface area contributed by atoms with Gasteiger partial charge in [-0.05, 0) is 121 Å². The Labute approximate surface area is 257 Å². The smallest absolute Gasteiger partial charge is 0.0708 e. The molecule has 1 aliphatic rings. The van der Waals surface area contributed by atoms with Crippen molar-refractivity contribution in [2.75, 3.05) is 0 Å². The van der Waals surface area contributed by atoms with E-state index in [9.17, 15) is 0 Å². The minimum absolute atomic E-state index is 1.00. The molecule has 206 valence electrons. The molecular formula is C43H29N. The third-order valence-corrected chi connectivity index (χ3v) is 9.49. The van der Waals surface area contributed by atoms with E-state index in [0.717, 1.165) is 11.3 Å². The Hall–Kier alpha value is -5.53. The number of aromatic nitrogens is 1. The van der Waals surface area contributed by atoms with E-state index in [1.807, 2.05) is 6.20 Å². The summed E-state index contributed by atoms with van der Waals surface area (Å²) in [6.45, 7) is 4.35. The van der Waals surface area contributed by atoms with Gasteiger partial charge in [-0.15, -0.1) is 0 Å². The van der Waals surface area contributed by atoms with E-state index in [0.29, 0.717) is 0 Å². The van der Waals surface area contributed by atoms with E-state index in [1.165, 1.54) is 88.0 Å². The van der Waals surface area contributed by atoms with Gasteiger partial charge in [0.05, 0.1) is 5.69 Å². The lowest BCUT2D eigenvalue weighted by molar-refractivity contribution is 1.33. The maximum absolute atomic E-state index is 5.00. The van der Waals surface area contributed by atoms with Gasteiger partial charge in [-0.2, -0.15) is 0 Å². The molecule has 0 N–H and O–H groups in total. The van der Waals surface area contributed by atoms with E-state index in [-0.39, 0.29) is 0 Å². The van der Waals surface area contributed by atoms with E-state index >= 15 is 0 Å². The number of benzene rings is 7. The van der Waals surface area contributed by atoms with Crippen LogP contribution >= 0.6 is 0 Å². The Morgan fingerprint density at radius 2 is 1.00 bits per heavy atom. The summed E-state index contributed by atoms with van der Waals surface area (Å²) in [6.07, 6.45) is 2.03. The summed E-state index contributed by atoms with van der Waals surface area (Å²) in [6, 6.07) is 49.0. The van der Waals surface area contributed by atoms with E-state index in [1.54, 1.807) is 0 Å². The van der Waals surface area contributed by atoms with Crippen LogP contribution in [0.1, 0.15) is 11.1 Å². The fourth-order valence-electron chi connectivity index (χ4n) is 7.35. The van der Waals surface area contributed by atoms with Crippen LogP contribution in [0.25, 0.3) is 88.1 Å². The molecule has 0 fully saturated rings. The van der Waals surface area contributed by atoms with E-state index < -0.39 is 0 Å². The molecule has 1 heteroatoms. The minimum Gasteiger partial charge on any atom is -0.256 e. The number of aryl methyl sites for hydroxylation is 2. The highest BCUT2D eigenvalue weighted by atomic mass is 14.7. The van der Waals surface area contributed by atoms with Crippen molar-refractivity contribution in [2.24, 2.45) is 0 Å². The van der Waals surface area contributed by atoms with Gasteiger partial charge in [0.25, 0.3) is 0 Å². The maximum atomic E-state index is 5.00. The van der Waals surface area contributed by atoms with Gasteiger partial charge >= 0.3 is 0 Å². The summed E-state index contributed by atoms with van der Waals surface area (Å²) in [7, 11) is 0. The predicted molar refractivity (Wildman–Crippen MR) is 187 cm³/mol. The summed E-state index contributed by atoms with van der Waals surface area (Å²) in [4.78, 5) is 5.00. The number of nitrogens with zero attached hydrogens (tertiary/aromatic N) is 1. The lowest BCUT2D eigenvalue weighted by Crippen LogP contribution is -1.93.